The Hall–Kier alpha value is 0.208. The van der Waals surface area contributed by atoms with E-state index in [4.69, 9.17) is 0 Å². The normalized spacial score (nSPS) is 11.6. The Morgan fingerprint density at radius 2 is 1.50 bits per heavy atom. The van der Waals surface area contributed by atoms with Gasteiger partial charge in [-0.15, -0.1) is 0 Å². The molecule has 0 amide bonds. The predicted octanol–water partition coefficient (Wildman–Crippen LogP) is 3.08. The van der Waals surface area contributed by atoms with E-state index in [0.29, 0.717) is 10.6 Å². The molecule has 2 aromatic carbocycles. The minimum absolute atomic E-state index is 0.330. The summed E-state index contributed by atoms with van der Waals surface area (Å²) >= 11 is 4.87. The summed E-state index contributed by atoms with van der Waals surface area (Å²) in [6, 6.07) is 16.3. The van der Waals surface area contributed by atoms with Gasteiger partial charge in [-0.25, -0.2) is 0 Å². The van der Waals surface area contributed by atoms with Gasteiger partial charge in [0.05, 0.1) is 0 Å². The average Bonchev–Trinajstić information content (AvgIpc) is 2.47. The van der Waals surface area contributed by atoms with Gasteiger partial charge in [0.2, 0.25) is 0 Å². The molecule has 106 valence electrons. The summed E-state index contributed by atoms with van der Waals surface area (Å²) in [6.45, 7) is 0. The second-order valence-corrected chi connectivity index (χ2v) is 27.7. The molecule has 0 heterocycles. The monoisotopic (exact) mass is 575 g/mol. The van der Waals surface area contributed by atoms with Crippen molar-refractivity contribution in [3.8, 4) is 0 Å². The summed E-state index contributed by atoms with van der Waals surface area (Å²) in [4.78, 5) is 0.330. The van der Waals surface area contributed by atoms with Crippen LogP contribution in [0.15, 0.2) is 59.5 Å². The van der Waals surface area contributed by atoms with Gasteiger partial charge in [0.25, 0.3) is 0 Å². The quantitative estimate of drug-likeness (QED) is 0.416. The second kappa shape index (κ2) is 6.98. The number of rotatable bonds is 4. The molecule has 3 nitrogen and oxygen atoms in total. The van der Waals surface area contributed by atoms with Crippen LogP contribution in [0.5, 0.6) is 0 Å². The number of benzene rings is 2. The Morgan fingerprint density at radius 1 is 0.950 bits per heavy atom. The van der Waals surface area contributed by atoms with E-state index in [1.165, 1.54) is 8.66 Å². The van der Waals surface area contributed by atoms with Crippen molar-refractivity contribution in [2.75, 3.05) is 11.4 Å². The zero-order valence-electron chi connectivity index (χ0n) is 10.6. The van der Waals surface area contributed by atoms with Crippen molar-refractivity contribution in [3.63, 3.8) is 0 Å². The summed E-state index contributed by atoms with van der Waals surface area (Å²) in [7, 11) is -2.93. The summed E-state index contributed by atoms with van der Waals surface area (Å²) in [5, 5.41) is 0. The molecule has 0 atom stereocenters. The Balaban J connectivity index is 2.35. The van der Waals surface area contributed by atoms with E-state index >= 15 is 0 Å². The minimum atomic E-state index is -3.49. The molecule has 0 saturated carbocycles. The summed E-state index contributed by atoms with van der Waals surface area (Å²) in [5.41, 5.74) is 0.659. The molecule has 0 radical (unpaired) electrons. The molecule has 7 heteroatoms. The van der Waals surface area contributed by atoms with Crippen molar-refractivity contribution < 1.29 is 8.42 Å². The van der Waals surface area contributed by atoms with Crippen LogP contribution in [0.25, 0.3) is 0 Å². The van der Waals surface area contributed by atoms with Crippen molar-refractivity contribution in [2.45, 2.75) is 4.90 Å². The molecule has 0 bridgehead atoms. The van der Waals surface area contributed by atoms with Crippen molar-refractivity contribution >= 4 is 68.3 Å². The summed E-state index contributed by atoms with van der Waals surface area (Å²) < 4.78 is 27.7. The van der Waals surface area contributed by atoms with Crippen LogP contribution in [-0.4, -0.2) is 23.4 Å². The fraction of sp³-hybridized carbons (Fsp3) is 0.0769. The standard InChI is InChI=1S/C13H12AsI2NO2S/c1-17(12-5-3-2-4-6-12)20(18,19)13-9-7-11(8-10-13)14(15)16/h2-10H,1H3. The van der Waals surface area contributed by atoms with Gasteiger partial charge < -0.3 is 0 Å². The third-order valence-electron chi connectivity index (χ3n) is 2.81. The first-order chi connectivity index (χ1) is 9.43. The van der Waals surface area contributed by atoms with Crippen LogP contribution in [0.1, 0.15) is 0 Å². The van der Waals surface area contributed by atoms with Crippen LogP contribution in [0.3, 0.4) is 0 Å². The SMILES string of the molecule is CN(c1ccccc1)S(=O)(=O)c1ccc([As](I)I)cc1. The van der Waals surface area contributed by atoms with E-state index in [0.717, 1.165) is 0 Å². The third-order valence-corrected chi connectivity index (χ3v) is 11.8. The Morgan fingerprint density at radius 3 is 2.00 bits per heavy atom. The van der Waals surface area contributed by atoms with Crippen molar-refractivity contribution in [1.82, 2.24) is 0 Å². The van der Waals surface area contributed by atoms with E-state index in [1.807, 2.05) is 30.3 Å². The van der Waals surface area contributed by atoms with Gasteiger partial charge in [-0.3, -0.25) is 0 Å². The van der Waals surface area contributed by atoms with Crippen molar-refractivity contribution in [2.24, 2.45) is 0 Å². The number of hydrogen-bond donors (Lipinski definition) is 0. The molecule has 0 spiro atoms. The van der Waals surface area contributed by atoms with Gasteiger partial charge in [-0.2, -0.15) is 0 Å². The van der Waals surface area contributed by atoms with Crippen LogP contribution < -0.4 is 8.66 Å². The Labute approximate surface area is 146 Å². The fourth-order valence-electron chi connectivity index (χ4n) is 1.67. The molecule has 0 aliphatic carbocycles. The molecular weight excluding hydrogens is 563 g/mol. The van der Waals surface area contributed by atoms with Crippen LogP contribution >= 0.6 is 40.3 Å². The maximum absolute atomic E-state index is 12.5. The summed E-state index contributed by atoms with van der Waals surface area (Å²) in [5.74, 6) is 0. The molecule has 2 rings (SSSR count). The third kappa shape index (κ3) is 3.69. The second-order valence-electron chi connectivity index (χ2n) is 4.03. The number of anilines is 1. The average molecular weight is 575 g/mol. The predicted molar refractivity (Wildman–Crippen MR) is 102 cm³/mol. The van der Waals surface area contributed by atoms with E-state index in [9.17, 15) is 8.42 Å². The van der Waals surface area contributed by atoms with Crippen LogP contribution in [0.4, 0.5) is 5.69 Å². The van der Waals surface area contributed by atoms with Crippen LogP contribution in [0.2, 0.25) is 0 Å². The first-order valence-electron chi connectivity index (χ1n) is 5.68. The van der Waals surface area contributed by atoms with Crippen molar-refractivity contribution in [1.29, 1.82) is 0 Å². The molecule has 0 N–H and O–H groups in total. The number of hydrogen-bond acceptors (Lipinski definition) is 2. The van der Waals surface area contributed by atoms with Crippen molar-refractivity contribution in [3.05, 3.63) is 54.6 Å². The number of nitrogens with zero attached hydrogens (tertiary/aromatic N) is 1. The van der Waals surface area contributed by atoms with Gasteiger partial charge >= 0.3 is 148 Å². The number of para-hydroxylation sites is 1. The first kappa shape index (κ1) is 16.6. The van der Waals surface area contributed by atoms with Gasteiger partial charge in [-0.1, -0.05) is 0 Å². The maximum atomic E-state index is 12.5. The molecule has 0 aliphatic heterocycles. The van der Waals surface area contributed by atoms with Gasteiger partial charge in [0.1, 0.15) is 0 Å². The molecule has 0 fully saturated rings. The van der Waals surface area contributed by atoms with Crippen LogP contribution in [-0.2, 0) is 10.0 Å². The van der Waals surface area contributed by atoms with Crippen LogP contribution in [0, 0.1) is 0 Å². The first-order valence-corrected chi connectivity index (χ1v) is 19.5. The number of sulfonamides is 1. The molecule has 20 heavy (non-hydrogen) atoms. The molecule has 0 aromatic heterocycles. The van der Waals surface area contributed by atoms with Gasteiger partial charge in [0.15, 0.2) is 0 Å². The van der Waals surface area contributed by atoms with E-state index in [1.54, 1.807) is 31.3 Å². The zero-order chi connectivity index (χ0) is 14.8. The van der Waals surface area contributed by atoms with Gasteiger partial charge in [-0.05, 0) is 0 Å². The molecule has 0 saturated heterocycles. The fourth-order valence-corrected chi connectivity index (χ4v) is 6.99. The zero-order valence-corrected chi connectivity index (χ0v) is 17.6. The summed E-state index contributed by atoms with van der Waals surface area (Å²) in [6.07, 6.45) is 0. The molecule has 2 aromatic rings. The van der Waals surface area contributed by atoms with E-state index in [2.05, 4.69) is 40.3 Å². The van der Waals surface area contributed by atoms with E-state index < -0.39 is 18.0 Å². The Kier molecular flexibility index (Phi) is 5.78. The number of halogens is 2. The van der Waals surface area contributed by atoms with E-state index in [-0.39, 0.29) is 0 Å². The molecule has 0 aliphatic rings. The topological polar surface area (TPSA) is 37.4 Å². The van der Waals surface area contributed by atoms with Gasteiger partial charge in [0, 0.05) is 0 Å². The molecular formula is C13H12AsI2NO2S. The Bertz CT molecular complexity index is 675. The molecule has 0 unspecified atom stereocenters.